The molecule has 0 bridgehead atoms. The molecule has 0 spiro atoms. The van der Waals surface area contributed by atoms with Gasteiger partial charge in [-0.1, -0.05) is 19.3 Å². The maximum Gasteiger partial charge on any atom is 0.217 e. The Balaban J connectivity index is 2.79. The zero-order valence-electron chi connectivity index (χ0n) is 10.4. The molecule has 0 heterocycles. The van der Waals surface area contributed by atoms with Crippen molar-refractivity contribution in [1.29, 1.82) is 0 Å². The number of hydrogen-bond acceptors (Lipinski definition) is 3. The molecule has 0 saturated heterocycles. The number of rotatable bonds is 5. The molecule has 2 N–H and O–H groups in total. The second-order valence-electron chi connectivity index (χ2n) is 4.80. The van der Waals surface area contributed by atoms with Gasteiger partial charge in [-0.25, -0.2) is 8.42 Å². The molecule has 1 rings (SSSR count). The van der Waals surface area contributed by atoms with Crippen LogP contribution in [0.25, 0.3) is 0 Å². The van der Waals surface area contributed by atoms with Crippen molar-refractivity contribution in [2.24, 2.45) is 5.73 Å². The van der Waals surface area contributed by atoms with E-state index in [1.54, 1.807) is 4.31 Å². The molecule has 0 unspecified atom stereocenters. The van der Waals surface area contributed by atoms with Crippen molar-refractivity contribution in [3.63, 3.8) is 0 Å². The van der Waals surface area contributed by atoms with E-state index in [-0.39, 0.29) is 11.3 Å². The number of nitrogens with two attached hydrogens (primary N) is 1. The fourth-order valence-electron chi connectivity index (χ4n) is 2.36. The van der Waals surface area contributed by atoms with Crippen LogP contribution in [0.3, 0.4) is 0 Å². The normalized spacial score (nSPS) is 19.6. The standard InChI is InChI=1S/C11H24N2O2S/c1-10(2)13(9-8-12)16(14,15)11-6-4-3-5-7-11/h10-11H,3-9,12H2,1-2H3. The van der Waals surface area contributed by atoms with Gasteiger partial charge in [-0.3, -0.25) is 0 Å². The molecule has 1 aliphatic rings. The van der Waals surface area contributed by atoms with E-state index in [0.29, 0.717) is 13.1 Å². The average Bonchev–Trinajstić information content (AvgIpc) is 2.26. The lowest BCUT2D eigenvalue weighted by Crippen LogP contribution is -2.45. The van der Waals surface area contributed by atoms with Crippen molar-refractivity contribution in [2.45, 2.75) is 57.2 Å². The van der Waals surface area contributed by atoms with E-state index in [1.807, 2.05) is 13.8 Å². The molecule has 0 aromatic heterocycles. The number of sulfonamides is 1. The van der Waals surface area contributed by atoms with Gasteiger partial charge in [0.15, 0.2) is 0 Å². The minimum Gasteiger partial charge on any atom is -0.329 e. The third-order valence-electron chi connectivity index (χ3n) is 3.23. The van der Waals surface area contributed by atoms with Gasteiger partial charge in [-0.2, -0.15) is 4.31 Å². The van der Waals surface area contributed by atoms with E-state index in [9.17, 15) is 8.42 Å². The predicted octanol–water partition coefficient (Wildman–Crippen LogP) is 1.32. The summed E-state index contributed by atoms with van der Waals surface area (Å²) in [6, 6.07) is 0.00970. The first-order chi connectivity index (χ1) is 7.50. The largest absolute Gasteiger partial charge is 0.329 e. The molecule has 0 aromatic carbocycles. The van der Waals surface area contributed by atoms with E-state index < -0.39 is 10.0 Å². The van der Waals surface area contributed by atoms with Crippen molar-refractivity contribution in [1.82, 2.24) is 4.31 Å². The molecule has 96 valence electrons. The highest BCUT2D eigenvalue weighted by Crippen LogP contribution is 2.26. The van der Waals surface area contributed by atoms with Gasteiger partial charge < -0.3 is 5.73 Å². The summed E-state index contributed by atoms with van der Waals surface area (Å²) in [5.74, 6) is 0. The summed E-state index contributed by atoms with van der Waals surface area (Å²) in [6.45, 7) is 4.66. The van der Waals surface area contributed by atoms with Gasteiger partial charge in [0, 0.05) is 19.1 Å². The SMILES string of the molecule is CC(C)N(CCN)S(=O)(=O)C1CCCCC1. The Kier molecular flexibility index (Phi) is 5.21. The summed E-state index contributed by atoms with van der Waals surface area (Å²) in [5.41, 5.74) is 5.49. The van der Waals surface area contributed by atoms with Crippen LogP contribution >= 0.6 is 0 Å². The third-order valence-corrected chi connectivity index (χ3v) is 5.80. The maximum atomic E-state index is 12.4. The summed E-state index contributed by atoms with van der Waals surface area (Å²) in [4.78, 5) is 0. The van der Waals surface area contributed by atoms with Crippen LogP contribution in [-0.4, -0.2) is 37.1 Å². The summed E-state index contributed by atoms with van der Waals surface area (Å²) in [6.07, 6.45) is 4.88. The predicted molar refractivity (Wildman–Crippen MR) is 66.7 cm³/mol. The molecule has 1 fully saturated rings. The Morgan fingerprint density at radius 2 is 1.81 bits per heavy atom. The van der Waals surface area contributed by atoms with Crippen molar-refractivity contribution < 1.29 is 8.42 Å². The molecule has 1 aliphatic carbocycles. The van der Waals surface area contributed by atoms with Crippen molar-refractivity contribution in [2.75, 3.05) is 13.1 Å². The minimum atomic E-state index is -3.13. The molecule has 0 aromatic rings. The van der Waals surface area contributed by atoms with E-state index in [4.69, 9.17) is 5.73 Å². The molecule has 1 saturated carbocycles. The van der Waals surface area contributed by atoms with Crippen LogP contribution in [0.2, 0.25) is 0 Å². The van der Waals surface area contributed by atoms with Gasteiger partial charge in [0.2, 0.25) is 10.0 Å². The van der Waals surface area contributed by atoms with Crippen LogP contribution < -0.4 is 5.73 Å². The molecule has 0 atom stereocenters. The lowest BCUT2D eigenvalue weighted by Gasteiger charge is -2.31. The molecule has 5 heteroatoms. The molecule has 16 heavy (non-hydrogen) atoms. The summed E-state index contributed by atoms with van der Waals surface area (Å²) < 4.78 is 26.3. The van der Waals surface area contributed by atoms with Crippen LogP contribution in [0, 0.1) is 0 Å². The van der Waals surface area contributed by atoms with Crippen molar-refractivity contribution >= 4 is 10.0 Å². The van der Waals surface area contributed by atoms with E-state index in [0.717, 1.165) is 25.7 Å². The highest BCUT2D eigenvalue weighted by Gasteiger charge is 2.33. The lowest BCUT2D eigenvalue weighted by atomic mass is 10.0. The number of nitrogens with zero attached hydrogens (tertiary/aromatic N) is 1. The quantitative estimate of drug-likeness (QED) is 0.798. The van der Waals surface area contributed by atoms with E-state index in [1.165, 1.54) is 6.42 Å². The van der Waals surface area contributed by atoms with Crippen LogP contribution in [0.5, 0.6) is 0 Å². The number of hydrogen-bond donors (Lipinski definition) is 1. The van der Waals surface area contributed by atoms with Crippen LogP contribution in [0.1, 0.15) is 46.0 Å². The third kappa shape index (κ3) is 3.18. The second kappa shape index (κ2) is 5.98. The van der Waals surface area contributed by atoms with Crippen LogP contribution in [0.4, 0.5) is 0 Å². The summed E-state index contributed by atoms with van der Waals surface area (Å²) in [7, 11) is -3.13. The van der Waals surface area contributed by atoms with Gasteiger partial charge >= 0.3 is 0 Å². The van der Waals surface area contributed by atoms with Gasteiger partial charge in [-0.05, 0) is 26.7 Å². The fraction of sp³-hybridized carbons (Fsp3) is 1.00. The van der Waals surface area contributed by atoms with E-state index in [2.05, 4.69) is 0 Å². The Morgan fingerprint density at radius 1 is 1.25 bits per heavy atom. The van der Waals surface area contributed by atoms with E-state index >= 15 is 0 Å². The Bertz CT molecular complexity index is 295. The van der Waals surface area contributed by atoms with Gasteiger partial charge in [-0.15, -0.1) is 0 Å². The molecule has 4 nitrogen and oxygen atoms in total. The first kappa shape index (κ1) is 13.9. The Morgan fingerprint density at radius 3 is 2.25 bits per heavy atom. The Labute approximate surface area is 99.2 Å². The van der Waals surface area contributed by atoms with Crippen LogP contribution in [0.15, 0.2) is 0 Å². The smallest absolute Gasteiger partial charge is 0.217 e. The first-order valence-electron chi connectivity index (χ1n) is 6.21. The molecular weight excluding hydrogens is 224 g/mol. The average molecular weight is 248 g/mol. The topological polar surface area (TPSA) is 63.4 Å². The van der Waals surface area contributed by atoms with Crippen molar-refractivity contribution in [3.8, 4) is 0 Å². The fourth-order valence-corrected chi connectivity index (χ4v) is 4.62. The zero-order valence-corrected chi connectivity index (χ0v) is 11.2. The first-order valence-corrected chi connectivity index (χ1v) is 7.71. The molecular formula is C11H24N2O2S. The van der Waals surface area contributed by atoms with Gasteiger partial charge in [0.1, 0.15) is 0 Å². The van der Waals surface area contributed by atoms with Crippen LogP contribution in [-0.2, 0) is 10.0 Å². The Hall–Kier alpha value is -0.130. The minimum absolute atomic E-state index is 0.00970. The summed E-state index contributed by atoms with van der Waals surface area (Å²) >= 11 is 0. The molecule has 0 radical (unpaired) electrons. The lowest BCUT2D eigenvalue weighted by molar-refractivity contribution is 0.346. The molecule has 0 aliphatic heterocycles. The van der Waals surface area contributed by atoms with Gasteiger partial charge in [0.25, 0.3) is 0 Å². The maximum absolute atomic E-state index is 12.4. The second-order valence-corrected chi connectivity index (χ2v) is 6.96. The molecule has 0 amide bonds. The highest BCUT2D eigenvalue weighted by molar-refractivity contribution is 7.89. The highest BCUT2D eigenvalue weighted by atomic mass is 32.2. The van der Waals surface area contributed by atoms with Gasteiger partial charge in [0.05, 0.1) is 5.25 Å². The zero-order chi connectivity index (χ0) is 12.2. The monoisotopic (exact) mass is 248 g/mol. The van der Waals surface area contributed by atoms with Crippen molar-refractivity contribution in [3.05, 3.63) is 0 Å². The summed E-state index contributed by atoms with van der Waals surface area (Å²) in [5, 5.41) is -0.171.